The normalized spacial score (nSPS) is 13.8. The minimum atomic E-state index is 0.606. The lowest BCUT2D eigenvalue weighted by Crippen LogP contribution is -2.38. The number of aliphatic imine (C=N–C) groups is 1. The standard InChI is InChI=1S/C17H19N3/c1-2-13-7-3-4-8-14(13)11-20-12-15-9-5-6-10-16(15)19-17(20)18/h3-10H,2,11-12H2,1H3,(H2,18,19). The molecule has 2 aromatic rings. The second-order valence-electron chi connectivity index (χ2n) is 5.08. The Morgan fingerprint density at radius 1 is 1.05 bits per heavy atom. The Hall–Kier alpha value is -2.29. The molecule has 0 spiro atoms. The predicted molar refractivity (Wildman–Crippen MR) is 82.8 cm³/mol. The van der Waals surface area contributed by atoms with Gasteiger partial charge in [-0.25, -0.2) is 4.99 Å². The minimum absolute atomic E-state index is 0.606. The van der Waals surface area contributed by atoms with Crippen molar-refractivity contribution in [3.63, 3.8) is 0 Å². The van der Waals surface area contributed by atoms with Gasteiger partial charge >= 0.3 is 0 Å². The lowest BCUT2D eigenvalue weighted by Gasteiger charge is -2.28. The summed E-state index contributed by atoms with van der Waals surface area (Å²) in [4.78, 5) is 6.63. The molecule has 0 unspecified atom stereocenters. The van der Waals surface area contributed by atoms with Crippen LogP contribution in [0.4, 0.5) is 5.69 Å². The molecule has 3 heteroatoms. The maximum Gasteiger partial charge on any atom is 0.197 e. The van der Waals surface area contributed by atoms with Gasteiger partial charge in [0.05, 0.1) is 5.69 Å². The van der Waals surface area contributed by atoms with E-state index in [1.54, 1.807) is 0 Å². The molecule has 0 aromatic heterocycles. The molecule has 0 aliphatic carbocycles. The Balaban J connectivity index is 1.86. The van der Waals surface area contributed by atoms with Gasteiger partial charge in [-0.05, 0) is 29.2 Å². The maximum absolute atomic E-state index is 6.11. The van der Waals surface area contributed by atoms with Gasteiger partial charge < -0.3 is 10.6 Å². The quantitative estimate of drug-likeness (QED) is 0.926. The van der Waals surface area contributed by atoms with Crippen molar-refractivity contribution < 1.29 is 0 Å². The molecule has 1 heterocycles. The van der Waals surface area contributed by atoms with E-state index in [9.17, 15) is 0 Å². The molecule has 0 radical (unpaired) electrons. The highest BCUT2D eigenvalue weighted by Gasteiger charge is 2.17. The number of para-hydroxylation sites is 1. The molecule has 102 valence electrons. The number of nitrogens with zero attached hydrogens (tertiary/aromatic N) is 2. The number of hydrogen-bond donors (Lipinski definition) is 1. The summed E-state index contributed by atoms with van der Waals surface area (Å²) in [6.07, 6.45) is 1.04. The van der Waals surface area contributed by atoms with E-state index in [0.717, 1.165) is 25.2 Å². The number of rotatable bonds is 3. The van der Waals surface area contributed by atoms with Gasteiger partial charge in [0, 0.05) is 13.1 Å². The summed E-state index contributed by atoms with van der Waals surface area (Å²) >= 11 is 0. The van der Waals surface area contributed by atoms with Gasteiger partial charge in [0.2, 0.25) is 0 Å². The van der Waals surface area contributed by atoms with Crippen LogP contribution < -0.4 is 5.73 Å². The number of nitrogens with two attached hydrogens (primary N) is 1. The molecule has 1 aliphatic rings. The lowest BCUT2D eigenvalue weighted by atomic mass is 10.0. The number of guanidine groups is 1. The second-order valence-corrected chi connectivity index (χ2v) is 5.08. The highest BCUT2D eigenvalue weighted by Crippen LogP contribution is 2.26. The lowest BCUT2D eigenvalue weighted by molar-refractivity contribution is 0.395. The first kappa shape index (κ1) is 12.7. The van der Waals surface area contributed by atoms with Gasteiger partial charge in [-0.2, -0.15) is 0 Å². The average molecular weight is 265 g/mol. The number of fused-ring (bicyclic) bond motifs is 1. The molecule has 0 bridgehead atoms. The van der Waals surface area contributed by atoms with Crippen LogP contribution in [-0.2, 0) is 19.5 Å². The van der Waals surface area contributed by atoms with Gasteiger partial charge in [0.15, 0.2) is 5.96 Å². The van der Waals surface area contributed by atoms with Crippen molar-refractivity contribution in [1.29, 1.82) is 0 Å². The Morgan fingerprint density at radius 3 is 2.55 bits per heavy atom. The fraction of sp³-hybridized carbons (Fsp3) is 0.235. The van der Waals surface area contributed by atoms with Crippen LogP contribution in [0, 0.1) is 0 Å². The molecule has 0 saturated heterocycles. The zero-order valence-electron chi connectivity index (χ0n) is 11.7. The van der Waals surface area contributed by atoms with E-state index in [1.165, 1.54) is 16.7 Å². The van der Waals surface area contributed by atoms with E-state index in [4.69, 9.17) is 5.73 Å². The monoisotopic (exact) mass is 265 g/mol. The van der Waals surface area contributed by atoms with Crippen LogP contribution in [0.15, 0.2) is 53.5 Å². The van der Waals surface area contributed by atoms with Crippen LogP contribution in [0.3, 0.4) is 0 Å². The number of benzene rings is 2. The fourth-order valence-corrected chi connectivity index (χ4v) is 2.63. The first-order chi connectivity index (χ1) is 9.78. The first-order valence-corrected chi connectivity index (χ1v) is 7.01. The molecular formula is C17H19N3. The number of hydrogen-bond acceptors (Lipinski definition) is 3. The predicted octanol–water partition coefficient (Wildman–Crippen LogP) is 3.21. The van der Waals surface area contributed by atoms with Crippen LogP contribution in [0.2, 0.25) is 0 Å². The SMILES string of the molecule is CCc1ccccc1CN1Cc2ccccc2N=C1N. The fourth-order valence-electron chi connectivity index (χ4n) is 2.63. The van der Waals surface area contributed by atoms with E-state index >= 15 is 0 Å². The average Bonchev–Trinajstić information content (AvgIpc) is 2.48. The van der Waals surface area contributed by atoms with Crippen molar-refractivity contribution in [3.05, 3.63) is 65.2 Å². The van der Waals surface area contributed by atoms with Crippen molar-refractivity contribution >= 4 is 11.6 Å². The molecule has 3 nitrogen and oxygen atoms in total. The molecule has 20 heavy (non-hydrogen) atoms. The van der Waals surface area contributed by atoms with Gasteiger partial charge in [-0.3, -0.25) is 0 Å². The smallest absolute Gasteiger partial charge is 0.197 e. The van der Waals surface area contributed by atoms with E-state index in [-0.39, 0.29) is 0 Å². The topological polar surface area (TPSA) is 41.6 Å². The van der Waals surface area contributed by atoms with Gasteiger partial charge in [-0.15, -0.1) is 0 Å². The van der Waals surface area contributed by atoms with E-state index in [2.05, 4.69) is 47.1 Å². The third kappa shape index (κ3) is 2.39. The molecule has 0 atom stereocenters. The summed E-state index contributed by atoms with van der Waals surface area (Å²) in [6, 6.07) is 16.7. The highest BCUT2D eigenvalue weighted by molar-refractivity contribution is 5.83. The molecule has 1 aliphatic heterocycles. The molecule has 0 amide bonds. The zero-order valence-corrected chi connectivity index (χ0v) is 11.7. The van der Waals surface area contributed by atoms with Gasteiger partial charge in [0.25, 0.3) is 0 Å². The zero-order chi connectivity index (χ0) is 13.9. The summed E-state index contributed by atoms with van der Waals surface area (Å²) in [7, 11) is 0. The molecular weight excluding hydrogens is 246 g/mol. The Kier molecular flexibility index (Phi) is 3.42. The van der Waals surface area contributed by atoms with Crippen LogP contribution in [-0.4, -0.2) is 10.9 Å². The van der Waals surface area contributed by atoms with Crippen molar-refractivity contribution in [2.75, 3.05) is 0 Å². The third-order valence-corrected chi connectivity index (χ3v) is 3.77. The van der Waals surface area contributed by atoms with Crippen molar-refractivity contribution in [2.24, 2.45) is 10.7 Å². The molecule has 0 saturated carbocycles. The summed E-state index contributed by atoms with van der Waals surface area (Å²) < 4.78 is 0. The summed E-state index contributed by atoms with van der Waals surface area (Å²) in [6.45, 7) is 3.82. The summed E-state index contributed by atoms with van der Waals surface area (Å²) in [5.74, 6) is 0.606. The molecule has 3 rings (SSSR count). The largest absolute Gasteiger partial charge is 0.369 e. The highest BCUT2D eigenvalue weighted by atomic mass is 15.3. The Morgan fingerprint density at radius 2 is 1.75 bits per heavy atom. The van der Waals surface area contributed by atoms with E-state index in [1.807, 2.05) is 18.2 Å². The molecule has 0 fully saturated rings. The van der Waals surface area contributed by atoms with Gasteiger partial charge in [-0.1, -0.05) is 49.4 Å². The van der Waals surface area contributed by atoms with Crippen LogP contribution in [0.25, 0.3) is 0 Å². The van der Waals surface area contributed by atoms with Crippen LogP contribution in [0.5, 0.6) is 0 Å². The first-order valence-electron chi connectivity index (χ1n) is 7.01. The van der Waals surface area contributed by atoms with Crippen LogP contribution in [0.1, 0.15) is 23.6 Å². The van der Waals surface area contributed by atoms with E-state index in [0.29, 0.717) is 5.96 Å². The Labute approximate surface area is 119 Å². The Bertz CT molecular complexity index is 646. The third-order valence-electron chi connectivity index (χ3n) is 3.77. The summed E-state index contributed by atoms with van der Waals surface area (Å²) in [5.41, 5.74) is 11.0. The van der Waals surface area contributed by atoms with Crippen molar-refractivity contribution in [3.8, 4) is 0 Å². The van der Waals surface area contributed by atoms with Crippen molar-refractivity contribution in [1.82, 2.24) is 4.90 Å². The maximum atomic E-state index is 6.11. The van der Waals surface area contributed by atoms with Crippen LogP contribution >= 0.6 is 0 Å². The van der Waals surface area contributed by atoms with E-state index < -0.39 is 0 Å². The van der Waals surface area contributed by atoms with Crippen molar-refractivity contribution in [2.45, 2.75) is 26.4 Å². The molecule has 2 N–H and O–H groups in total. The van der Waals surface area contributed by atoms with Gasteiger partial charge in [0.1, 0.15) is 0 Å². The molecule has 2 aromatic carbocycles. The summed E-state index contributed by atoms with van der Waals surface area (Å²) in [5, 5.41) is 0. The number of aryl methyl sites for hydroxylation is 1. The second kappa shape index (κ2) is 5.37. The minimum Gasteiger partial charge on any atom is -0.369 e.